The molecule has 0 spiro atoms. The van der Waals surface area contributed by atoms with Gasteiger partial charge in [-0.2, -0.15) is 0 Å². The molecule has 0 saturated carbocycles. The number of hydrogen-bond acceptors (Lipinski definition) is 1. The maximum Gasteiger partial charge on any atom is 0.328 e. The molecule has 0 saturated heterocycles. The number of rotatable bonds is 5. The van der Waals surface area contributed by atoms with Crippen LogP contribution in [-0.4, -0.2) is 11.1 Å². The number of aliphatic carboxylic acids is 1. The van der Waals surface area contributed by atoms with Crippen molar-refractivity contribution in [3.8, 4) is 0 Å². The van der Waals surface area contributed by atoms with E-state index < -0.39 is 5.97 Å². The Bertz CT molecular complexity index is 380. The highest BCUT2D eigenvalue weighted by Crippen LogP contribution is 2.24. The van der Waals surface area contributed by atoms with Crippen LogP contribution in [0.5, 0.6) is 0 Å². The highest BCUT2D eigenvalue weighted by atomic mass is 16.4. The van der Waals surface area contributed by atoms with Crippen LogP contribution in [0.2, 0.25) is 0 Å². The molecule has 1 N–H and O–H groups in total. The minimum atomic E-state index is -0.905. The fourth-order valence-electron chi connectivity index (χ4n) is 1.86. The molecule has 2 heteroatoms. The second-order valence-corrected chi connectivity index (χ2v) is 3.99. The van der Waals surface area contributed by atoms with Crippen LogP contribution in [-0.2, 0) is 4.79 Å². The SMILES string of the molecule is CCCC(C)c1ccccc1/C=C/C(=O)O. The smallest absolute Gasteiger partial charge is 0.328 e. The molecule has 0 aromatic heterocycles. The first-order valence-electron chi connectivity index (χ1n) is 5.65. The van der Waals surface area contributed by atoms with Gasteiger partial charge in [0.05, 0.1) is 0 Å². The summed E-state index contributed by atoms with van der Waals surface area (Å²) in [7, 11) is 0. The zero-order valence-electron chi connectivity index (χ0n) is 9.81. The van der Waals surface area contributed by atoms with Gasteiger partial charge in [-0.1, -0.05) is 44.5 Å². The Morgan fingerprint density at radius 3 is 2.75 bits per heavy atom. The Balaban J connectivity index is 2.95. The molecule has 1 aromatic rings. The fourth-order valence-corrected chi connectivity index (χ4v) is 1.86. The number of carboxylic acid groups (broad SMARTS) is 1. The van der Waals surface area contributed by atoms with Gasteiger partial charge in [-0.05, 0) is 29.5 Å². The predicted molar refractivity (Wildman–Crippen MR) is 66.4 cm³/mol. The van der Waals surface area contributed by atoms with Crippen LogP contribution in [0.4, 0.5) is 0 Å². The molecule has 0 bridgehead atoms. The second-order valence-electron chi connectivity index (χ2n) is 3.99. The van der Waals surface area contributed by atoms with Crippen LogP contribution in [0, 0.1) is 0 Å². The minimum Gasteiger partial charge on any atom is -0.478 e. The molecule has 1 rings (SSSR count). The van der Waals surface area contributed by atoms with Crippen molar-refractivity contribution >= 4 is 12.0 Å². The summed E-state index contributed by atoms with van der Waals surface area (Å²) in [5, 5.41) is 8.62. The highest BCUT2D eigenvalue weighted by Gasteiger charge is 2.07. The van der Waals surface area contributed by atoms with E-state index in [0.717, 1.165) is 18.4 Å². The van der Waals surface area contributed by atoms with Crippen LogP contribution in [0.15, 0.2) is 30.3 Å². The maximum atomic E-state index is 10.5. The molecule has 0 heterocycles. The van der Waals surface area contributed by atoms with Crippen LogP contribution < -0.4 is 0 Å². The number of benzene rings is 1. The van der Waals surface area contributed by atoms with Crippen molar-refractivity contribution in [1.82, 2.24) is 0 Å². The van der Waals surface area contributed by atoms with Gasteiger partial charge in [0.2, 0.25) is 0 Å². The van der Waals surface area contributed by atoms with Crippen molar-refractivity contribution in [2.24, 2.45) is 0 Å². The molecule has 1 atom stereocenters. The van der Waals surface area contributed by atoms with E-state index in [4.69, 9.17) is 5.11 Å². The molecule has 0 fully saturated rings. The highest BCUT2D eigenvalue weighted by molar-refractivity contribution is 5.85. The van der Waals surface area contributed by atoms with E-state index in [1.807, 2.05) is 18.2 Å². The third-order valence-corrected chi connectivity index (χ3v) is 2.65. The summed E-state index contributed by atoms with van der Waals surface area (Å²) in [6.07, 6.45) is 5.12. The van der Waals surface area contributed by atoms with Gasteiger partial charge in [-0.25, -0.2) is 4.79 Å². The Kier molecular flexibility index (Phi) is 4.77. The summed E-state index contributed by atoms with van der Waals surface area (Å²) >= 11 is 0. The van der Waals surface area contributed by atoms with Gasteiger partial charge < -0.3 is 5.11 Å². The van der Waals surface area contributed by atoms with E-state index in [1.54, 1.807) is 6.08 Å². The largest absolute Gasteiger partial charge is 0.478 e. The van der Waals surface area contributed by atoms with Crippen molar-refractivity contribution in [1.29, 1.82) is 0 Å². The van der Waals surface area contributed by atoms with Crippen LogP contribution in [0.3, 0.4) is 0 Å². The average molecular weight is 218 g/mol. The molecular formula is C14H18O2. The normalized spacial score (nSPS) is 12.9. The third kappa shape index (κ3) is 3.54. The number of carboxylic acids is 1. The van der Waals surface area contributed by atoms with Crippen molar-refractivity contribution in [3.05, 3.63) is 41.5 Å². The lowest BCUT2D eigenvalue weighted by molar-refractivity contribution is -0.131. The molecular weight excluding hydrogens is 200 g/mol. The van der Waals surface area contributed by atoms with Gasteiger partial charge in [0.1, 0.15) is 0 Å². The lowest BCUT2D eigenvalue weighted by atomic mass is 9.92. The third-order valence-electron chi connectivity index (χ3n) is 2.65. The minimum absolute atomic E-state index is 0.472. The van der Waals surface area contributed by atoms with E-state index in [9.17, 15) is 4.79 Å². The van der Waals surface area contributed by atoms with Crippen LogP contribution in [0.1, 0.15) is 43.7 Å². The van der Waals surface area contributed by atoms with Crippen molar-refractivity contribution in [3.63, 3.8) is 0 Å². The van der Waals surface area contributed by atoms with Crippen LogP contribution in [0.25, 0.3) is 6.08 Å². The van der Waals surface area contributed by atoms with Gasteiger partial charge in [-0.3, -0.25) is 0 Å². The summed E-state index contributed by atoms with van der Waals surface area (Å²) in [5.74, 6) is -0.433. The Labute approximate surface area is 96.6 Å². The predicted octanol–water partition coefficient (Wildman–Crippen LogP) is 3.69. The molecule has 0 aliphatic rings. The topological polar surface area (TPSA) is 37.3 Å². The molecule has 2 nitrogen and oxygen atoms in total. The zero-order chi connectivity index (χ0) is 12.0. The first-order valence-corrected chi connectivity index (χ1v) is 5.65. The van der Waals surface area contributed by atoms with Gasteiger partial charge in [-0.15, -0.1) is 0 Å². The summed E-state index contributed by atoms with van der Waals surface area (Å²) in [4.78, 5) is 10.5. The van der Waals surface area contributed by atoms with Gasteiger partial charge >= 0.3 is 5.97 Å². The molecule has 0 aliphatic heterocycles. The lowest BCUT2D eigenvalue weighted by Crippen LogP contribution is -1.96. The monoisotopic (exact) mass is 218 g/mol. The molecule has 0 aliphatic carbocycles. The standard InChI is InChI=1S/C14H18O2/c1-3-6-11(2)13-8-5-4-7-12(13)9-10-14(15)16/h4-5,7-11H,3,6H2,1-2H3,(H,15,16)/b10-9+. The van der Waals surface area contributed by atoms with Gasteiger partial charge in [0, 0.05) is 6.08 Å². The summed E-state index contributed by atoms with van der Waals surface area (Å²) in [6.45, 7) is 4.34. The molecule has 1 unspecified atom stereocenters. The van der Waals surface area contributed by atoms with Gasteiger partial charge in [0.15, 0.2) is 0 Å². The van der Waals surface area contributed by atoms with E-state index in [2.05, 4.69) is 19.9 Å². The average Bonchev–Trinajstić information content (AvgIpc) is 2.27. The van der Waals surface area contributed by atoms with E-state index >= 15 is 0 Å². The summed E-state index contributed by atoms with van der Waals surface area (Å²) in [5.41, 5.74) is 2.23. The van der Waals surface area contributed by atoms with E-state index in [1.165, 1.54) is 11.6 Å². The molecule has 0 radical (unpaired) electrons. The lowest BCUT2D eigenvalue weighted by Gasteiger charge is -2.13. The summed E-state index contributed by atoms with van der Waals surface area (Å²) < 4.78 is 0. The Morgan fingerprint density at radius 2 is 2.12 bits per heavy atom. The molecule has 86 valence electrons. The van der Waals surface area contributed by atoms with Crippen molar-refractivity contribution < 1.29 is 9.90 Å². The maximum absolute atomic E-state index is 10.5. The quantitative estimate of drug-likeness (QED) is 0.765. The molecule has 0 amide bonds. The van der Waals surface area contributed by atoms with Gasteiger partial charge in [0.25, 0.3) is 0 Å². The Morgan fingerprint density at radius 1 is 1.44 bits per heavy atom. The van der Waals surface area contributed by atoms with Crippen molar-refractivity contribution in [2.45, 2.75) is 32.6 Å². The number of hydrogen-bond donors (Lipinski definition) is 1. The van der Waals surface area contributed by atoms with E-state index in [0.29, 0.717) is 5.92 Å². The number of carbonyl (C=O) groups is 1. The van der Waals surface area contributed by atoms with Crippen molar-refractivity contribution in [2.75, 3.05) is 0 Å². The van der Waals surface area contributed by atoms with E-state index in [-0.39, 0.29) is 0 Å². The summed E-state index contributed by atoms with van der Waals surface area (Å²) in [6, 6.07) is 7.96. The molecule has 16 heavy (non-hydrogen) atoms. The fraction of sp³-hybridized carbons (Fsp3) is 0.357. The molecule has 1 aromatic carbocycles. The first-order chi connectivity index (χ1) is 7.65. The van der Waals surface area contributed by atoms with Crippen LogP contribution >= 0.6 is 0 Å². The zero-order valence-corrected chi connectivity index (χ0v) is 9.81. The second kappa shape index (κ2) is 6.11. The Hall–Kier alpha value is -1.57. The first kappa shape index (κ1) is 12.5.